The standard InChI is InChI=1S/C25H38N2O3S/c1-19(2)8-6-9-21(5)10-7-11-22(13-12-20(3)4)14-15-31-17-23(25(28)29)27-24-16-30-18-26-24/h8,10,12,14,16,18,23,27H,6-7,9,11,13,15,17H2,1-5H3,(H,28,29)/b21-10+,22-14-. The number of thioether (sulfide) groups is 1. The lowest BCUT2D eigenvalue weighted by atomic mass is 10.0. The molecule has 0 aliphatic heterocycles. The first-order chi connectivity index (χ1) is 14.8. The molecule has 0 fully saturated rings. The van der Waals surface area contributed by atoms with Crippen LogP contribution in [0.25, 0.3) is 0 Å². The Hall–Kier alpha value is -2.21. The number of hydrogen-bond acceptors (Lipinski definition) is 5. The molecule has 0 bridgehead atoms. The Kier molecular flexibility index (Phi) is 13.5. The molecule has 0 spiro atoms. The molecule has 0 aliphatic rings. The second-order valence-electron chi connectivity index (χ2n) is 8.20. The number of aromatic nitrogens is 1. The minimum absolute atomic E-state index is 0.444. The average Bonchev–Trinajstić information content (AvgIpc) is 3.20. The van der Waals surface area contributed by atoms with Crippen LogP contribution < -0.4 is 5.32 Å². The van der Waals surface area contributed by atoms with Crippen LogP contribution in [0.3, 0.4) is 0 Å². The molecule has 0 saturated heterocycles. The van der Waals surface area contributed by atoms with E-state index in [0.717, 1.165) is 37.9 Å². The Bertz CT molecular complexity index is 769. The van der Waals surface area contributed by atoms with E-state index in [9.17, 15) is 9.90 Å². The number of carbonyl (C=O) groups is 1. The van der Waals surface area contributed by atoms with Crippen molar-refractivity contribution in [2.75, 3.05) is 16.8 Å². The number of carboxylic acids is 1. The van der Waals surface area contributed by atoms with Crippen molar-refractivity contribution in [2.24, 2.45) is 0 Å². The van der Waals surface area contributed by atoms with E-state index in [1.807, 2.05) is 0 Å². The summed E-state index contributed by atoms with van der Waals surface area (Å²) in [5.41, 5.74) is 5.53. The molecule has 1 unspecified atom stereocenters. The number of rotatable bonds is 15. The smallest absolute Gasteiger partial charge is 0.327 e. The first-order valence-corrected chi connectivity index (χ1v) is 12.0. The number of oxazole rings is 1. The highest BCUT2D eigenvalue weighted by Gasteiger charge is 2.17. The lowest BCUT2D eigenvalue weighted by molar-refractivity contribution is -0.137. The number of anilines is 1. The molecule has 1 rings (SSSR count). The zero-order chi connectivity index (χ0) is 23.1. The Balaban J connectivity index is 2.55. The van der Waals surface area contributed by atoms with Gasteiger partial charge in [0.05, 0.1) is 0 Å². The summed E-state index contributed by atoms with van der Waals surface area (Å²) in [6, 6.07) is -0.698. The molecule has 5 nitrogen and oxygen atoms in total. The molecule has 172 valence electrons. The summed E-state index contributed by atoms with van der Waals surface area (Å²) in [5.74, 6) is 0.801. The number of nitrogens with one attached hydrogen (secondary N) is 1. The van der Waals surface area contributed by atoms with Crippen molar-refractivity contribution in [2.45, 2.75) is 72.8 Å². The molecule has 0 amide bonds. The molecular formula is C25H38N2O3S. The number of carboxylic acid groups (broad SMARTS) is 1. The van der Waals surface area contributed by atoms with Gasteiger partial charge in [0, 0.05) is 11.5 Å². The van der Waals surface area contributed by atoms with Gasteiger partial charge in [-0.25, -0.2) is 4.79 Å². The minimum Gasteiger partial charge on any atom is -0.480 e. The number of aliphatic carboxylic acids is 1. The van der Waals surface area contributed by atoms with E-state index in [0.29, 0.717) is 11.6 Å². The minimum atomic E-state index is -0.891. The quantitative estimate of drug-likeness (QED) is 0.222. The summed E-state index contributed by atoms with van der Waals surface area (Å²) in [6.45, 7) is 10.7. The van der Waals surface area contributed by atoms with Crippen LogP contribution in [-0.4, -0.2) is 33.6 Å². The summed E-state index contributed by atoms with van der Waals surface area (Å²) in [6.07, 6.45) is 17.1. The van der Waals surface area contributed by atoms with Crippen LogP contribution in [0.4, 0.5) is 5.82 Å². The Morgan fingerprint density at radius 2 is 1.81 bits per heavy atom. The van der Waals surface area contributed by atoms with Crippen molar-refractivity contribution < 1.29 is 14.3 Å². The molecule has 1 atom stereocenters. The molecule has 1 heterocycles. The van der Waals surface area contributed by atoms with Gasteiger partial charge in [-0.15, -0.1) is 0 Å². The van der Waals surface area contributed by atoms with Crippen LogP contribution in [0.2, 0.25) is 0 Å². The van der Waals surface area contributed by atoms with E-state index in [2.05, 4.69) is 69.2 Å². The van der Waals surface area contributed by atoms with Crippen molar-refractivity contribution in [3.8, 4) is 0 Å². The number of nitrogens with zero attached hydrogens (tertiary/aromatic N) is 1. The third kappa shape index (κ3) is 13.7. The lowest BCUT2D eigenvalue weighted by Crippen LogP contribution is -2.31. The van der Waals surface area contributed by atoms with E-state index in [-0.39, 0.29) is 0 Å². The SMILES string of the molecule is CC(C)=CCC/C(C)=C/CC/C(=C/CSCC(Nc1cocn1)C(=O)O)CC=C(C)C. The normalized spacial score (nSPS) is 12.9. The molecule has 31 heavy (non-hydrogen) atoms. The van der Waals surface area contributed by atoms with E-state index >= 15 is 0 Å². The topological polar surface area (TPSA) is 75.4 Å². The second kappa shape index (κ2) is 15.6. The van der Waals surface area contributed by atoms with Gasteiger partial charge in [0.1, 0.15) is 12.3 Å². The third-order valence-electron chi connectivity index (χ3n) is 4.65. The third-order valence-corrected chi connectivity index (χ3v) is 5.62. The van der Waals surface area contributed by atoms with Gasteiger partial charge in [0.25, 0.3) is 0 Å². The zero-order valence-electron chi connectivity index (χ0n) is 19.6. The van der Waals surface area contributed by atoms with Crippen molar-refractivity contribution in [1.82, 2.24) is 4.98 Å². The van der Waals surface area contributed by atoms with Gasteiger partial charge in [0.2, 0.25) is 0 Å². The summed E-state index contributed by atoms with van der Waals surface area (Å²) in [5, 5.41) is 12.3. The second-order valence-corrected chi connectivity index (χ2v) is 9.28. The van der Waals surface area contributed by atoms with E-state index in [4.69, 9.17) is 4.42 Å². The predicted octanol–water partition coefficient (Wildman–Crippen LogP) is 7.03. The molecule has 0 aromatic carbocycles. The molecule has 6 heteroatoms. The number of allylic oxidation sites excluding steroid dienone is 7. The Morgan fingerprint density at radius 1 is 1.10 bits per heavy atom. The molecule has 2 N–H and O–H groups in total. The van der Waals surface area contributed by atoms with Gasteiger partial charge in [-0.05, 0) is 66.7 Å². The largest absolute Gasteiger partial charge is 0.480 e. The van der Waals surface area contributed by atoms with Gasteiger partial charge >= 0.3 is 5.97 Å². The molecular weight excluding hydrogens is 408 g/mol. The summed E-state index contributed by atoms with van der Waals surface area (Å²) in [7, 11) is 0. The molecule has 0 saturated carbocycles. The summed E-state index contributed by atoms with van der Waals surface area (Å²) in [4.78, 5) is 15.4. The summed E-state index contributed by atoms with van der Waals surface area (Å²) < 4.78 is 4.89. The van der Waals surface area contributed by atoms with Crippen molar-refractivity contribution >= 4 is 23.5 Å². The maximum atomic E-state index is 11.5. The van der Waals surface area contributed by atoms with E-state index in [1.165, 1.54) is 34.9 Å². The van der Waals surface area contributed by atoms with E-state index in [1.54, 1.807) is 11.8 Å². The molecule has 1 aromatic heterocycles. The van der Waals surface area contributed by atoms with Crippen LogP contribution in [0.1, 0.15) is 66.7 Å². The molecule has 1 aromatic rings. The highest BCUT2D eigenvalue weighted by molar-refractivity contribution is 7.99. The van der Waals surface area contributed by atoms with Gasteiger partial charge in [-0.1, -0.05) is 46.6 Å². The first-order valence-electron chi connectivity index (χ1n) is 10.8. The first kappa shape index (κ1) is 26.8. The lowest BCUT2D eigenvalue weighted by Gasteiger charge is -2.12. The van der Waals surface area contributed by atoms with Crippen molar-refractivity contribution in [1.29, 1.82) is 0 Å². The fourth-order valence-electron chi connectivity index (χ4n) is 2.82. The maximum Gasteiger partial charge on any atom is 0.327 e. The average molecular weight is 447 g/mol. The van der Waals surface area contributed by atoms with E-state index < -0.39 is 12.0 Å². The van der Waals surface area contributed by atoms with Crippen LogP contribution in [-0.2, 0) is 4.79 Å². The summed E-state index contributed by atoms with van der Waals surface area (Å²) >= 11 is 1.61. The zero-order valence-corrected chi connectivity index (χ0v) is 20.4. The van der Waals surface area contributed by atoms with Crippen LogP contribution in [0.15, 0.2) is 63.7 Å². The fraction of sp³-hybridized carbons (Fsp3) is 0.520. The predicted molar refractivity (Wildman–Crippen MR) is 133 cm³/mol. The van der Waals surface area contributed by atoms with Gasteiger partial charge in [-0.3, -0.25) is 0 Å². The highest BCUT2D eigenvalue weighted by Crippen LogP contribution is 2.18. The molecule has 0 aliphatic carbocycles. The van der Waals surface area contributed by atoms with Crippen LogP contribution in [0, 0.1) is 0 Å². The number of hydrogen-bond donors (Lipinski definition) is 2. The maximum absolute atomic E-state index is 11.5. The Labute approximate surface area is 191 Å². The van der Waals surface area contributed by atoms with Crippen LogP contribution >= 0.6 is 11.8 Å². The van der Waals surface area contributed by atoms with Gasteiger partial charge < -0.3 is 14.8 Å². The fourth-order valence-corrected chi connectivity index (χ4v) is 3.77. The van der Waals surface area contributed by atoms with Crippen LogP contribution in [0.5, 0.6) is 0 Å². The van der Waals surface area contributed by atoms with Crippen molar-refractivity contribution in [3.63, 3.8) is 0 Å². The Morgan fingerprint density at radius 3 is 2.42 bits per heavy atom. The molecule has 0 radical (unpaired) electrons. The van der Waals surface area contributed by atoms with Gasteiger partial charge in [0.15, 0.2) is 12.2 Å². The highest BCUT2D eigenvalue weighted by atomic mass is 32.2. The monoisotopic (exact) mass is 446 g/mol. The van der Waals surface area contributed by atoms with Crippen molar-refractivity contribution in [3.05, 3.63) is 59.3 Å². The van der Waals surface area contributed by atoms with Gasteiger partial charge in [-0.2, -0.15) is 16.7 Å².